The van der Waals surface area contributed by atoms with Gasteiger partial charge >= 0.3 is 0 Å². The number of sulfonamides is 1. The van der Waals surface area contributed by atoms with Crippen molar-refractivity contribution in [2.24, 2.45) is 5.14 Å². The fraction of sp³-hybridized carbons (Fsp3) is 0.353. The van der Waals surface area contributed by atoms with Crippen molar-refractivity contribution in [3.8, 4) is 11.3 Å². The molecule has 1 aromatic heterocycles. The fourth-order valence-electron chi connectivity index (χ4n) is 2.65. The van der Waals surface area contributed by atoms with Crippen molar-refractivity contribution in [2.75, 3.05) is 0 Å². The second-order valence-corrected chi connectivity index (χ2v) is 7.45. The Bertz CT molecular complexity index is 697. The summed E-state index contributed by atoms with van der Waals surface area (Å²) in [7, 11) is -3.55. The largest absolute Gasteiger partial charge is 0.256 e. The third-order valence-electron chi connectivity index (χ3n) is 3.98. The lowest BCUT2D eigenvalue weighted by atomic mass is 9.91. The Labute approximate surface area is 132 Å². The minimum Gasteiger partial charge on any atom is -0.256 e. The zero-order valence-electron chi connectivity index (χ0n) is 12.9. The molecule has 1 heterocycles. The molecule has 0 aliphatic carbocycles. The van der Waals surface area contributed by atoms with Crippen molar-refractivity contribution in [2.45, 2.75) is 37.9 Å². The molecular weight excluding hydrogens is 296 g/mol. The molecule has 22 heavy (non-hydrogen) atoms. The molecule has 0 fully saturated rings. The fourth-order valence-corrected chi connectivity index (χ4v) is 3.40. The van der Waals surface area contributed by atoms with Crippen LogP contribution in [0.15, 0.2) is 48.7 Å². The molecule has 0 radical (unpaired) electrons. The third-order valence-corrected chi connectivity index (χ3v) is 5.35. The van der Waals surface area contributed by atoms with Crippen LogP contribution in [0, 0.1) is 0 Å². The molecule has 2 unspecified atom stereocenters. The minimum atomic E-state index is -3.55. The van der Waals surface area contributed by atoms with Gasteiger partial charge < -0.3 is 0 Å². The van der Waals surface area contributed by atoms with E-state index in [-0.39, 0.29) is 5.92 Å². The molecule has 4 nitrogen and oxygen atoms in total. The van der Waals surface area contributed by atoms with E-state index in [0.29, 0.717) is 0 Å². The highest BCUT2D eigenvalue weighted by molar-refractivity contribution is 7.89. The SMILES string of the molecule is CCCC(c1ccc(-c2ccccn2)cc1)C(C)S(N)(=O)=O. The highest BCUT2D eigenvalue weighted by Crippen LogP contribution is 2.29. The number of primary sulfonamides is 1. The van der Waals surface area contributed by atoms with E-state index < -0.39 is 15.3 Å². The number of nitrogens with two attached hydrogens (primary N) is 1. The Kier molecular flexibility index (Phi) is 5.32. The van der Waals surface area contributed by atoms with Crippen LogP contribution in [-0.2, 0) is 10.0 Å². The smallest absolute Gasteiger partial charge is 0.212 e. The van der Waals surface area contributed by atoms with Gasteiger partial charge in [-0.15, -0.1) is 0 Å². The Morgan fingerprint density at radius 2 is 1.82 bits per heavy atom. The molecule has 0 aliphatic heterocycles. The summed E-state index contributed by atoms with van der Waals surface area (Å²) in [5.41, 5.74) is 2.92. The van der Waals surface area contributed by atoms with Crippen LogP contribution in [0.1, 0.15) is 38.2 Å². The van der Waals surface area contributed by atoms with Crippen molar-refractivity contribution < 1.29 is 8.42 Å². The standard InChI is InChI=1S/C17H22N2O2S/c1-3-6-16(13(2)22(18,20)21)14-8-10-15(11-9-14)17-7-4-5-12-19-17/h4-5,7-13,16H,3,6H2,1-2H3,(H2,18,20,21). The van der Waals surface area contributed by atoms with Gasteiger partial charge in [-0.2, -0.15) is 0 Å². The first-order chi connectivity index (χ1) is 10.4. The molecule has 2 N–H and O–H groups in total. The van der Waals surface area contributed by atoms with Crippen LogP contribution >= 0.6 is 0 Å². The van der Waals surface area contributed by atoms with Gasteiger partial charge in [0, 0.05) is 17.7 Å². The Hall–Kier alpha value is -1.72. The molecule has 118 valence electrons. The van der Waals surface area contributed by atoms with Crippen molar-refractivity contribution in [3.05, 3.63) is 54.2 Å². The predicted molar refractivity (Wildman–Crippen MR) is 89.9 cm³/mol. The molecule has 2 atom stereocenters. The zero-order chi connectivity index (χ0) is 16.2. The molecule has 0 saturated heterocycles. The van der Waals surface area contributed by atoms with E-state index in [4.69, 9.17) is 5.14 Å². The van der Waals surface area contributed by atoms with Gasteiger partial charge in [0.2, 0.25) is 10.0 Å². The molecule has 0 amide bonds. The van der Waals surface area contributed by atoms with Gasteiger partial charge in [0.1, 0.15) is 0 Å². The van der Waals surface area contributed by atoms with Crippen molar-refractivity contribution in [1.29, 1.82) is 0 Å². The number of hydrogen-bond donors (Lipinski definition) is 1. The molecule has 2 rings (SSSR count). The summed E-state index contributed by atoms with van der Waals surface area (Å²) >= 11 is 0. The summed E-state index contributed by atoms with van der Waals surface area (Å²) in [4.78, 5) is 4.32. The first-order valence-electron chi connectivity index (χ1n) is 7.46. The molecular formula is C17H22N2O2S. The molecule has 0 bridgehead atoms. The van der Waals surface area contributed by atoms with E-state index >= 15 is 0 Å². The van der Waals surface area contributed by atoms with Crippen LogP contribution in [0.4, 0.5) is 0 Å². The Morgan fingerprint density at radius 1 is 1.14 bits per heavy atom. The van der Waals surface area contributed by atoms with E-state index in [2.05, 4.69) is 4.98 Å². The molecule has 0 aliphatic rings. The number of nitrogens with zero attached hydrogens (tertiary/aromatic N) is 1. The van der Waals surface area contributed by atoms with Gasteiger partial charge in [0.05, 0.1) is 10.9 Å². The second-order valence-electron chi connectivity index (χ2n) is 5.53. The maximum absolute atomic E-state index is 11.7. The maximum atomic E-state index is 11.7. The Balaban J connectivity index is 2.30. The van der Waals surface area contributed by atoms with Crippen LogP contribution in [0.3, 0.4) is 0 Å². The van der Waals surface area contributed by atoms with Gasteiger partial charge in [-0.1, -0.05) is 43.7 Å². The molecule has 5 heteroatoms. The first kappa shape index (κ1) is 16.6. The summed E-state index contributed by atoms with van der Waals surface area (Å²) < 4.78 is 23.4. The quantitative estimate of drug-likeness (QED) is 0.888. The van der Waals surface area contributed by atoms with Crippen LogP contribution in [-0.4, -0.2) is 18.7 Å². The van der Waals surface area contributed by atoms with Crippen LogP contribution < -0.4 is 5.14 Å². The van der Waals surface area contributed by atoms with Gasteiger partial charge in [-0.25, -0.2) is 13.6 Å². The van der Waals surface area contributed by atoms with E-state index in [9.17, 15) is 8.42 Å². The van der Waals surface area contributed by atoms with E-state index in [1.54, 1.807) is 13.1 Å². The highest BCUT2D eigenvalue weighted by Gasteiger charge is 2.27. The van der Waals surface area contributed by atoms with E-state index in [1.807, 2.05) is 49.4 Å². The summed E-state index contributed by atoms with van der Waals surface area (Å²) in [6.07, 6.45) is 3.46. The Morgan fingerprint density at radius 3 is 2.32 bits per heavy atom. The third kappa shape index (κ3) is 3.93. The van der Waals surface area contributed by atoms with Crippen LogP contribution in [0.5, 0.6) is 0 Å². The predicted octanol–water partition coefficient (Wildman–Crippen LogP) is 3.31. The number of hydrogen-bond acceptors (Lipinski definition) is 3. The molecule has 2 aromatic rings. The van der Waals surface area contributed by atoms with Crippen LogP contribution in [0.2, 0.25) is 0 Å². The van der Waals surface area contributed by atoms with Crippen molar-refractivity contribution in [3.63, 3.8) is 0 Å². The normalized spacial score (nSPS) is 14.5. The van der Waals surface area contributed by atoms with Crippen molar-refractivity contribution >= 4 is 10.0 Å². The minimum absolute atomic E-state index is 0.0854. The topological polar surface area (TPSA) is 73.0 Å². The average molecular weight is 318 g/mol. The van der Waals surface area contributed by atoms with Gasteiger partial charge in [0.25, 0.3) is 0 Å². The van der Waals surface area contributed by atoms with Crippen LogP contribution in [0.25, 0.3) is 11.3 Å². The second kappa shape index (κ2) is 7.03. The first-order valence-corrected chi connectivity index (χ1v) is 9.07. The maximum Gasteiger partial charge on any atom is 0.212 e. The molecule has 0 spiro atoms. The number of benzene rings is 1. The summed E-state index contributed by atoms with van der Waals surface area (Å²) in [5.74, 6) is -0.0854. The summed E-state index contributed by atoms with van der Waals surface area (Å²) in [6.45, 7) is 3.73. The average Bonchev–Trinajstić information content (AvgIpc) is 2.52. The number of pyridine rings is 1. The lowest BCUT2D eigenvalue weighted by Gasteiger charge is -2.22. The number of aromatic nitrogens is 1. The van der Waals surface area contributed by atoms with E-state index in [1.165, 1.54) is 0 Å². The zero-order valence-corrected chi connectivity index (χ0v) is 13.8. The molecule has 0 saturated carbocycles. The lowest BCUT2D eigenvalue weighted by molar-refractivity contribution is 0.543. The molecule has 1 aromatic carbocycles. The highest BCUT2D eigenvalue weighted by atomic mass is 32.2. The van der Waals surface area contributed by atoms with E-state index in [0.717, 1.165) is 29.7 Å². The lowest BCUT2D eigenvalue weighted by Crippen LogP contribution is -2.31. The summed E-state index contributed by atoms with van der Waals surface area (Å²) in [5, 5.41) is 4.74. The summed E-state index contributed by atoms with van der Waals surface area (Å²) in [6, 6.07) is 13.7. The van der Waals surface area contributed by atoms with Crippen molar-refractivity contribution in [1.82, 2.24) is 4.98 Å². The van der Waals surface area contributed by atoms with Gasteiger partial charge in [-0.3, -0.25) is 4.98 Å². The monoisotopic (exact) mass is 318 g/mol. The van der Waals surface area contributed by atoms with Gasteiger partial charge in [-0.05, 0) is 31.0 Å². The van der Waals surface area contributed by atoms with Gasteiger partial charge in [0.15, 0.2) is 0 Å². The number of rotatable bonds is 6.